The van der Waals surface area contributed by atoms with Gasteiger partial charge in [0.2, 0.25) is 0 Å². The van der Waals surface area contributed by atoms with E-state index >= 15 is 0 Å². The van der Waals surface area contributed by atoms with Crippen LogP contribution in [0.2, 0.25) is 0 Å². The molecule has 0 radical (unpaired) electrons. The Labute approximate surface area is 67.8 Å². The average molecular weight is 150 g/mol. The van der Waals surface area contributed by atoms with Gasteiger partial charge < -0.3 is 0 Å². The molecule has 0 bridgehead atoms. The van der Waals surface area contributed by atoms with Crippen molar-refractivity contribution in [3.63, 3.8) is 0 Å². The second-order valence-electron chi connectivity index (χ2n) is 3.42. The fourth-order valence-electron chi connectivity index (χ4n) is 1.47. The summed E-state index contributed by atoms with van der Waals surface area (Å²) in [6, 6.07) is 0. The molecule has 0 aliphatic heterocycles. The molecule has 60 valence electrons. The van der Waals surface area contributed by atoms with Crippen molar-refractivity contribution in [2.45, 2.75) is 20.8 Å². The Balaban J connectivity index is 2.79. The largest absolute Gasteiger partial charge is 0.290 e. The Morgan fingerprint density at radius 3 is 2.55 bits per heavy atom. The highest BCUT2D eigenvalue weighted by atomic mass is 16.1. The Morgan fingerprint density at radius 1 is 1.45 bits per heavy atom. The van der Waals surface area contributed by atoms with Crippen LogP contribution >= 0.6 is 0 Å². The van der Waals surface area contributed by atoms with Crippen molar-refractivity contribution in [3.8, 4) is 0 Å². The fraction of sp³-hybridized carbons (Fsp3) is 0.500. The lowest BCUT2D eigenvalue weighted by atomic mass is 9.85. The van der Waals surface area contributed by atoms with E-state index in [9.17, 15) is 4.79 Å². The zero-order valence-corrected chi connectivity index (χ0v) is 7.29. The number of hydrogen-bond donors (Lipinski definition) is 0. The van der Waals surface area contributed by atoms with Crippen molar-refractivity contribution < 1.29 is 4.79 Å². The van der Waals surface area contributed by atoms with E-state index in [0.717, 1.165) is 0 Å². The van der Waals surface area contributed by atoms with E-state index in [1.807, 2.05) is 13.0 Å². The minimum atomic E-state index is 0.124. The zero-order valence-electron chi connectivity index (χ0n) is 7.29. The molecule has 1 unspecified atom stereocenters. The third kappa shape index (κ3) is 1.79. The molecule has 11 heavy (non-hydrogen) atoms. The van der Waals surface area contributed by atoms with Crippen LogP contribution in [0.3, 0.4) is 0 Å². The lowest BCUT2D eigenvalue weighted by Gasteiger charge is -2.19. The monoisotopic (exact) mass is 150 g/mol. The molecule has 1 rings (SSSR count). The summed E-state index contributed by atoms with van der Waals surface area (Å²) in [5.41, 5.74) is 1.19. The molecule has 0 saturated carbocycles. The smallest absolute Gasteiger partial charge is 0.178 e. The minimum Gasteiger partial charge on any atom is -0.290 e. The van der Waals surface area contributed by atoms with Gasteiger partial charge in [0.15, 0.2) is 5.78 Å². The van der Waals surface area contributed by atoms with Crippen molar-refractivity contribution in [2.75, 3.05) is 0 Å². The molecule has 0 heterocycles. The molecule has 1 heteroatoms. The van der Waals surface area contributed by atoms with Gasteiger partial charge in [-0.3, -0.25) is 4.79 Å². The van der Waals surface area contributed by atoms with Crippen LogP contribution < -0.4 is 0 Å². The van der Waals surface area contributed by atoms with Gasteiger partial charge in [0.05, 0.1) is 0 Å². The lowest BCUT2D eigenvalue weighted by molar-refractivity contribution is -0.110. The molecule has 0 amide bonds. The minimum absolute atomic E-state index is 0.124. The SMILES string of the molecule is CC1=CC(=O)C=CC1C(C)C. The highest BCUT2D eigenvalue weighted by molar-refractivity contribution is 6.00. The van der Waals surface area contributed by atoms with Crippen LogP contribution in [0.5, 0.6) is 0 Å². The number of carbonyl (C=O) groups excluding carboxylic acids is 1. The van der Waals surface area contributed by atoms with Crippen LogP contribution in [0, 0.1) is 11.8 Å². The second kappa shape index (κ2) is 3.04. The number of carbonyl (C=O) groups is 1. The Morgan fingerprint density at radius 2 is 2.09 bits per heavy atom. The molecule has 0 N–H and O–H groups in total. The van der Waals surface area contributed by atoms with Gasteiger partial charge in [-0.05, 0) is 25.0 Å². The first-order valence-corrected chi connectivity index (χ1v) is 4.01. The van der Waals surface area contributed by atoms with Crippen molar-refractivity contribution in [1.29, 1.82) is 0 Å². The topological polar surface area (TPSA) is 17.1 Å². The van der Waals surface area contributed by atoms with Gasteiger partial charge in [-0.15, -0.1) is 0 Å². The van der Waals surface area contributed by atoms with Gasteiger partial charge in [-0.2, -0.15) is 0 Å². The van der Waals surface area contributed by atoms with E-state index in [1.54, 1.807) is 12.2 Å². The summed E-state index contributed by atoms with van der Waals surface area (Å²) in [5.74, 6) is 1.18. The lowest BCUT2D eigenvalue weighted by Crippen LogP contribution is -2.12. The van der Waals surface area contributed by atoms with E-state index in [-0.39, 0.29) is 5.78 Å². The average Bonchev–Trinajstić information content (AvgIpc) is 1.85. The standard InChI is InChI=1S/C10H14O/c1-7(2)10-5-4-9(11)6-8(10)3/h4-7,10H,1-3H3. The summed E-state index contributed by atoms with van der Waals surface area (Å²) in [7, 11) is 0. The van der Waals surface area contributed by atoms with Crippen LogP contribution in [-0.2, 0) is 4.79 Å². The van der Waals surface area contributed by atoms with Crippen LogP contribution in [0.4, 0.5) is 0 Å². The van der Waals surface area contributed by atoms with Gasteiger partial charge in [0.1, 0.15) is 0 Å². The summed E-state index contributed by atoms with van der Waals surface area (Å²) >= 11 is 0. The van der Waals surface area contributed by atoms with Crippen LogP contribution in [-0.4, -0.2) is 5.78 Å². The molecular formula is C10H14O. The third-order valence-electron chi connectivity index (χ3n) is 2.08. The number of ketones is 1. The van der Waals surface area contributed by atoms with Gasteiger partial charge in [0, 0.05) is 5.92 Å². The summed E-state index contributed by atoms with van der Waals surface area (Å²) < 4.78 is 0. The summed E-state index contributed by atoms with van der Waals surface area (Å²) in [6.45, 7) is 6.36. The van der Waals surface area contributed by atoms with E-state index in [0.29, 0.717) is 11.8 Å². The Bertz CT molecular complexity index is 221. The van der Waals surface area contributed by atoms with Crippen LogP contribution in [0.1, 0.15) is 20.8 Å². The molecule has 0 spiro atoms. The van der Waals surface area contributed by atoms with Crippen molar-refractivity contribution in [1.82, 2.24) is 0 Å². The normalized spacial score (nSPS) is 24.2. The van der Waals surface area contributed by atoms with E-state index in [4.69, 9.17) is 0 Å². The molecule has 1 aliphatic rings. The maximum Gasteiger partial charge on any atom is 0.178 e. The highest BCUT2D eigenvalue weighted by Crippen LogP contribution is 2.24. The summed E-state index contributed by atoms with van der Waals surface area (Å²) in [5, 5.41) is 0. The molecule has 0 saturated heterocycles. The maximum atomic E-state index is 10.9. The van der Waals surface area contributed by atoms with Crippen molar-refractivity contribution >= 4 is 5.78 Å². The van der Waals surface area contributed by atoms with Gasteiger partial charge in [-0.1, -0.05) is 25.5 Å². The first kappa shape index (κ1) is 8.25. The molecular weight excluding hydrogens is 136 g/mol. The third-order valence-corrected chi connectivity index (χ3v) is 2.08. The molecule has 1 atom stereocenters. The molecule has 1 nitrogen and oxygen atoms in total. The molecule has 0 aromatic rings. The quantitative estimate of drug-likeness (QED) is 0.560. The van der Waals surface area contributed by atoms with E-state index < -0.39 is 0 Å². The zero-order chi connectivity index (χ0) is 8.43. The van der Waals surface area contributed by atoms with Crippen molar-refractivity contribution in [3.05, 3.63) is 23.8 Å². The highest BCUT2D eigenvalue weighted by Gasteiger charge is 2.15. The summed E-state index contributed by atoms with van der Waals surface area (Å²) in [6.07, 6.45) is 5.39. The predicted octanol–water partition coefficient (Wildman–Crippen LogP) is 2.34. The molecule has 0 aromatic carbocycles. The molecule has 1 aliphatic carbocycles. The van der Waals surface area contributed by atoms with Crippen LogP contribution in [0.15, 0.2) is 23.8 Å². The Kier molecular flexibility index (Phi) is 2.28. The fourth-order valence-corrected chi connectivity index (χ4v) is 1.47. The first-order chi connectivity index (χ1) is 5.11. The summed E-state index contributed by atoms with van der Waals surface area (Å²) in [4.78, 5) is 10.9. The molecule has 0 aromatic heterocycles. The first-order valence-electron chi connectivity index (χ1n) is 4.01. The van der Waals surface area contributed by atoms with E-state index in [1.165, 1.54) is 5.57 Å². The van der Waals surface area contributed by atoms with Gasteiger partial charge in [-0.25, -0.2) is 0 Å². The van der Waals surface area contributed by atoms with Crippen LogP contribution in [0.25, 0.3) is 0 Å². The Hall–Kier alpha value is -0.850. The number of allylic oxidation sites excluding steroid dienone is 4. The second-order valence-corrected chi connectivity index (χ2v) is 3.42. The predicted molar refractivity (Wildman–Crippen MR) is 46.2 cm³/mol. The number of hydrogen-bond acceptors (Lipinski definition) is 1. The van der Waals surface area contributed by atoms with Gasteiger partial charge >= 0.3 is 0 Å². The van der Waals surface area contributed by atoms with Crippen molar-refractivity contribution in [2.24, 2.45) is 11.8 Å². The number of rotatable bonds is 1. The van der Waals surface area contributed by atoms with E-state index in [2.05, 4.69) is 13.8 Å². The molecule has 0 fully saturated rings. The van der Waals surface area contributed by atoms with Gasteiger partial charge in [0.25, 0.3) is 0 Å². The maximum absolute atomic E-state index is 10.9.